The van der Waals surface area contributed by atoms with Gasteiger partial charge in [-0.3, -0.25) is 68.0 Å². The molecule has 0 saturated heterocycles. The van der Waals surface area contributed by atoms with Crippen molar-refractivity contribution >= 4 is 145 Å². The minimum Gasteiger partial charge on any atom is -0.455 e. The number of carbonyl (C=O) groups excluding carboxylic acids is 12. The van der Waals surface area contributed by atoms with Crippen LogP contribution in [0.2, 0.25) is 0 Å². The van der Waals surface area contributed by atoms with Gasteiger partial charge in [0.15, 0.2) is 0 Å². The van der Waals surface area contributed by atoms with Crippen LogP contribution in [0.5, 0.6) is 0 Å². The molecule has 10 rings (SSSR count). The van der Waals surface area contributed by atoms with Crippen LogP contribution in [-0.2, 0) is 48.6 Å². The molecule has 0 radical (unpaired) electrons. The van der Waals surface area contributed by atoms with Crippen molar-refractivity contribution in [2.24, 2.45) is 21.6 Å². The summed E-state index contributed by atoms with van der Waals surface area (Å²) >= 11 is 4.42. The minimum absolute atomic E-state index is 0.0158. The summed E-state index contributed by atoms with van der Waals surface area (Å²) in [6.45, 7) is 24.9. The van der Waals surface area contributed by atoms with Crippen molar-refractivity contribution in [2.45, 2.75) is 185 Å². The van der Waals surface area contributed by atoms with E-state index in [2.05, 4.69) is 98.2 Å². The minimum atomic E-state index is -2.21. The molecule has 0 saturated carbocycles. The molecule has 114 heavy (non-hydrogen) atoms. The number of ether oxygens (including phenoxy) is 1. The number of rotatable bonds is 12. The number of nitrogens with two attached hydrogens (primary N) is 1. The van der Waals surface area contributed by atoms with E-state index in [0.717, 1.165) is 57.1 Å². The molecule has 9 heterocycles. The molecule has 5 aliphatic rings. The number of cyclic esters (lactones) is 1. The number of thiazole rings is 4. The van der Waals surface area contributed by atoms with E-state index in [1.807, 2.05) is 0 Å². The van der Waals surface area contributed by atoms with Gasteiger partial charge in [0.2, 0.25) is 29.5 Å². The summed E-state index contributed by atoms with van der Waals surface area (Å²) in [5, 5.41) is 92.2. The lowest BCUT2D eigenvalue weighted by Gasteiger charge is -2.41. The van der Waals surface area contributed by atoms with Gasteiger partial charge in [0.25, 0.3) is 35.4 Å². The number of amides is 11. The van der Waals surface area contributed by atoms with Gasteiger partial charge < -0.3 is 89.2 Å². The van der Waals surface area contributed by atoms with Crippen molar-refractivity contribution in [3.05, 3.63) is 148 Å². The smallest absolute Gasteiger partial charge is 0.357 e. The van der Waals surface area contributed by atoms with Crippen LogP contribution in [0, 0.1) is 5.92 Å². The predicted molar refractivity (Wildman–Crippen MR) is 418 cm³/mol. The van der Waals surface area contributed by atoms with Crippen molar-refractivity contribution < 1.29 is 87.8 Å². The maximum Gasteiger partial charge on any atom is 0.357 e. The Hall–Kier alpha value is -10.5. The zero-order valence-electron chi connectivity index (χ0n) is 63.0. The highest BCUT2D eigenvalue weighted by atomic mass is 32.2. The molecule has 0 spiro atoms. The third-order valence-corrected chi connectivity index (χ3v) is 24.3. The summed E-state index contributed by atoms with van der Waals surface area (Å²) in [6, 6.07) is -11.6. The summed E-state index contributed by atoms with van der Waals surface area (Å²) in [6.07, 6.45) is -3.18. The zero-order chi connectivity index (χ0) is 83.4. The molecule has 18 N–H and O–H groups in total. The Kier molecular flexibility index (Phi) is 26.7. The van der Waals surface area contributed by atoms with E-state index in [0.29, 0.717) is 6.42 Å². The first-order valence-corrected chi connectivity index (χ1v) is 40.1. The van der Waals surface area contributed by atoms with E-state index < -0.39 is 196 Å². The monoisotopic (exact) mass is 1660 g/mol. The number of allylic oxidation sites excluding steroid dienone is 1. The van der Waals surface area contributed by atoms with Crippen LogP contribution in [0.1, 0.15) is 203 Å². The van der Waals surface area contributed by atoms with Crippen LogP contribution in [0.4, 0.5) is 0 Å². The van der Waals surface area contributed by atoms with Crippen LogP contribution in [0.15, 0.2) is 92.2 Å². The highest BCUT2D eigenvalue weighted by Gasteiger charge is 2.51. The molecular weight excluding hydrogens is 1580 g/mol. The summed E-state index contributed by atoms with van der Waals surface area (Å²) in [4.78, 5) is 204. The van der Waals surface area contributed by atoms with Gasteiger partial charge in [-0.25, -0.2) is 29.7 Å². The second kappa shape index (κ2) is 35.5. The van der Waals surface area contributed by atoms with E-state index in [9.17, 15) is 68.7 Å². The molecule has 42 heteroatoms. The molecule has 5 aromatic rings. The molecule has 37 nitrogen and oxygen atoms in total. The average Bonchev–Trinajstić information content (AvgIpc) is 1.50. The standard InChI is InChI=1S/C72H85N19O18S5/c1-14-26(3)47-63(105)78-30(7)57(99)75-28(5)56(98)76-31(8)58(100)91-72-19-18-40(66-85-43(22-111-66)59(101)77-29(6)55(97)74-27(4)54(73)96)81-52(72)42-21-112-67(83-42)49(34(11)109-69(107)41-20-37(32(9)92)36-16-17-39(79-47)51(95)50(36)80-41)89-60(102)44-24-113-68(86-44)53(71(13,108)35(12)94)90-62(104)45-23-110-65(84-45)38(15-2)82-64(106)48(33(10)93)88-61(103)46-25-114-70(72)87-46/h15-17,20-22,24-26,30-35,39,45,47-49,51-53,79,92-95,108H,4-6,14,18-19,23H2,1-3,7-13H3,(H2,73,96)(H,74,97)(H,75,99)(H,76,98)(H,77,101)(H,78,105)(H,82,106)(H,88,103)(H,89,102)(H,90,104)(H,91,100)/b38-15-/t26-,30-,31-,32-,33+,34+,35+,39?,45?,47-,48-,49-,51-,52?,53+,71+,72+/m0/s1. The van der Waals surface area contributed by atoms with Crippen LogP contribution < -0.4 is 64.2 Å². The largest absolute Gasteiger partial charge is 0.455 e. The fourth-order valence-electron chi connectivity index (χ4n) is 12.3. The van der Waals surface area contributed by atoms with Gasteiger partial charge in [-0.2, -0.15) is 0 Å². The fraction of sp³-hybridized carbons (Fsp3) is 0.431. The van der Waals surface area contributed by atoms with E-state index in [1.54, 1.807) is 26.8 Å². The number of nitrogens with one attached hydrogen (secondary N) is 11. The second-order valence-electron chi connectivity index (χ2n) is 27.8. The summed E-state index contributed by atoms with van der Waals surface area (Å²) in [7, 11) is 0. The van der Waals surface area contributed by atoms with Crippen LogP contribution >= 0.6 is 57.1 Å². The highest BCUT2D eigenvalue weighted by molar-refractivity contribution is 8.14. The Labute approximate surface area is 671 Å². The van der Waals surface area contributed by atoms with Gasteiger partial charge in [0, 0.05) is 32.8 Å². The van der Waals surface area contributed by atoms with Crippen molar-refractivity contribution in [1.82, 2.24) is 83.4 Å². The lowest BCUT2D eigenvalue weighted by Crippen LogP contribution is -2.57. The molecule has 17 atom stereocenters. The second-order valence-corrected chi connectivity index (χ2v) is 32.3. The first-order valence-electron chi connectivity index (χ1n) is 35.6. The summed E-state index contributed by atoms with van der Waals surface area (Å²) in [5.41, 5.74) is -1.79. The number of primary amides is 1. The molecule has 0 aromatic carbocycles. The Morgan fingerprint density at radius 2 is 1.45 bits per heavy atom. The molecular formula is C72H85N19O18S5. The Morgan fingerprint density at radius 1 is 0.763 bits per heavy atom. The number of carbonyl (C=O) groups is 12. The first kappa shape index (κ1) is 85.9. The third kappa shape index (κ3) is 18.6. The average molecular weight is 1660 g/mol. The lowest BCUT2D eigenvalue weighted by molar-refractivity contribution is -0.131. The summed E-state index contributed by atoms with van der Waals surface area (Å²) < 4.78 is 6.26. The number of aromatic nitrogens is 5. The molecule has 606 valence electrons. The number of aliphatic imine (C=N–C) groups is 2. The third-order valence-electron chi connectivity index (χ3n) is 19.5. The molecule has 3 unspecified atom stereocenters. The number of nitrogens with zero attached hydrogens (tertiary/aromatic N) is 7. The Balaban J connectivity index is 1.18. The normalized spacial score (nSPS) is 26.9. The number of pyridine rings is 1. The predicted octanol–water partition coefficient (Wildman–Crippen LogP) is 0.774. The molecule has 11 amide bonds. The molecule has 13 bridgehead atoms. The van der Waals surface area contributed by atoms with Crippen molar-refractivity contribution in [3.63, 3.8) is 0 Å². The number of aliphatic hydroxyl groups is 5. The van der Waals surface area contributed by atoms with E-state index in [4.69, 9.17) is 25.4 Å². The van der Waals surface area contributed by atoms with Gasteiger partial charge in [0.1, 0.15) is 113 Å². The number of hydrogen-bond donors (Lipinski definition) is 17. The number of aliphatic hydroxyl groups excluding tert-OH is 4. The van der Waals surface area contributed by atoms with E-state index in [1.165, 1.54) is 88.2 Å². The number of thioether (sulfide) groups is 1. The number of esters is 1. The molecule has 1 aliphatic carbocycles. The lowest BCUT2D eigenvalue weighted by atomic mass is 9.80. The molecule has 5 aromatic heterocycles. The van der Waals surface area contributed by atoms with Crippen molar-refractivity contribution in [1.29, 1.82) is 0 Å². The molecule has 4 aliphatic heterocycles. The SMILES string of the molecule is C=C(NC(=O)C(=C)NC(=O)c1csc(C2=NC3c4csc(n4)[C@H]4NC(=O)c5csc(n5)[C@H]([C@](C)(O)[C@@H](C)O)NC(=O)C5CSC(=N5)/C(=C/C)NC(=O)[C@H]([C@@H](C)O)NC(=O)c5csc(n5)[C@]3(CC2)NC(=O)[C@H](C)NC(=O)C(=C)NC(=O)[C@H](C)NC(=O)[C@H]([C@@H](C)CC)NC2C=Cc3c([C@H](C)O)cc(nc3[C@H]2O)C(=O)O[C@@H]4C)n1)C(N)=O. The van der Waals surface area contributed by atoms with Gasteiger partial charge in [-0.15, -0.1) is 57.1 Å². The Morgan fingerprint density at radius 3 is 2.12 bits per heavy atom. The Bertz CT molecular complexity index is 4880. The van der Waals surface area contributed by atoms with Gasteiger partial charge in [-0.1, -0.05) is 58.2 Å². The fourth-order valence-corrected chi connectivity index (χ4v) is 17.2. The topological polar surface area (TPSA) is 563 Å². The van der Waals surface area contributed by atoms with Crippen molar-refractivity contribution in [3.8, 4) is 0 Å². The van der Waals surface area contributed by atoms with Gasteiger partial charge >= 0.3 is 5.97 Å². The van der Waals surface area contributed by atoms with Crippen molar-refractivity contribution in [2.75, 3.05) is 5.75 Å². The number of hydrogen-bond acceptors (Lipinski definition) is 31. The first-order chi connectivity index (χ1) is 53.7. The van der Waals surface area contributed by atoms with Gasteiger partial charge in [-0.05, 0) is 85.8 Å². The maximum absolute atomic E-state index is 15.4. The van der Waals surface area contributed by atoms with Crippen LogP contribution in [0.25, 0.3) is 6.08 Å². The van der Waals surface area contributed by atoms with E-state index >= 15 is 14.4 Å². The maximum atomic E-state index is 15.4. The number of fused-ring (bicyclic) bond motifs is 7. The van der Waals surface area contributed by atoms with Crippen LogP contribution in [0.3, 0.4) is 0 Å². The summed E-state index contributed by atoms with van der Waals surface area (Å²) in [5.74, 6) is -12.2. The van der Waals surface area contributed by atoms with Gasteiger partial charge in [0.05, 0.1) is 70.3 Å². The quantitative estimate of drug-likeness (QED) is 0.0606. The highest BCUT2D eigenvalue weighted by Crippen LogP contribution is 2.48. The zero-order valence-corrected chi connectivity index (χ0v) is 67.1. The van der Waals surface area contributed by atoms with Crippen LogP contribution in [-0.4, -0.2) is 198 Å². The molecule has 0 fully saturated rings. The van der Waals surface area contributed by atoms with E-state index in [-0.39, 0.29) is 94.7 Å².